The summed E-state index contributed by atoms with van der Waals surface area (Å²) in [5.74, 6) is 1.44. The normalized spacial score (nSPS) is 9.92. The lowest BCUT2D eigenvalue weighted by molar-refractivity contribution is 1.14. The molecule has 4 heteroatoms. The van der Waals surface area contributed by atoms with Crippen LogP contribution in [0.4, 0.5) is 5.82 Å². The summed E-state index contributed by atoms with van der Waals surface area (Å²) < 4.78 is 1.01. The van der Waals surface area contributed by atoms with E-state index in [-0.39, 0.29) is 0 Å². The molecule has 1 N–H and O–H groups in total. The summed E-state index contributed by atoms with van der Waals surface area (Å²) in [5, 5.41) is 3.11. The minimum Gasteiger partial charge on any atom is -0.368 e. The second-order valence-electron chi connectivity index (χ2n) is 2.41. The number of hydrogen-bond donors (Lipinski definition) is 1. The Labute approximate surface area is 85.5 Å². The highest BCUT2D eigenvalue weighted by Gasteiger charge is 2.01. The zero-order chi connectivity index (χ0) is 8.97. The first kappa shape index (κ1) is 9.81. The Morgan fingerprint density at radius 3 is 3.08 bits per heavy atom. The molecule has 0 fully saturated rings. The number of halogens is 2. The zero-order valence-electron chi connectivity index (χ0n) is 6.77. The van der Waals surface area contributed by atoms with Crippen molar-refractivity contribution in [3.05, 3.63) is 22.3 Å². The third-order valence-electron chi connectivity index (χ3n) is 1.47. The highest BCUT2D eigenvalue weighted by molar-refractivity contribution is 9.10. The molecule has 0 aliphatic carbocycles. The predicted octanol–water partition coefficient (Wildman–Crippen LogP) is 2.80. The quantitative estimate of drug-likeness (QED) is 0.833. The van der Waals surface area contributed by atoms with E-state index < -0.39 is 0 Å². The van der Waals surface area contributed by atoms with Crippen molar-refractivity contribution in [2.45, 2.75) is 6.92 Å². The smallest absolute Gasteiger partial charge is 0.140 e. The average molecular weight is 250 g/mol. The van der Waals surface area contributed by atoms with Gasteiger partial charge >= 0.3 is 0 Å². The second kappa shape index (κ2) is 4.67. The van der Waals surface area contributed by atoms with Gasteiger partial charge in [0.05, 0.1) is 4.47 Å². The topological polar surface area (TPSA) is 24.9 Å². The minimum atomic E-state index is 0.585. The maximum Gasteiger partial charge on any atom is 0.140 e. The standard InChI is InChI=1S/C8H10BrClN2/c1-6-2-4-11-8(7(6)9)12-5-3-10/h2,4H,3,5H2,1H3,(H,11,12). The highest BCUT2D eigenvalue weighted by atomic mass is 79.9. The first-order chi connectivity index (χ1) is 5.75. The number of pyridine rings is 1. The zero-order valence-corrected chi connectivity index (χ0v) is 9.11. The monoisotopic (exact) mass is 248 g/mol. The Kier molecular flexibility index (Phi) is 3.82. The molecular formula is C8H10BrClN2. The SMILES string of the molecule is Cc1ccnc(NCCCl)c1Br. The van der Waals surface area contributed by atoms with Crippen molar-refractivity contribution in [1.29, 1.82) is 0 Å². The van der Waals surface area contributed by atoms with E-state index in [2.05, 4.69) is 26.2 Å². The van der Waals surface area contributed by atoms with Gasteiger partial charge in [0.15, 0.2) is 0 Å². The molecule has 0 amide bonds. The van der Waals surface area contributed by atoms with Gasteiger partial charge in [-0.1, -0.05) is 0 Å². The fraction of sp³-hybridized carbons (Fsp3) is 0.375. The van der Waals surface area contributed by atoms with E-state index in [4.69, 9.17) is 11.6 Å². The van der Waals surface area contributed by atoms with Gasteiger partial charge in [0, 0.05) is 18.6 Å². The van der Waals surface area contributed by atoms with Crippen LogP contribution in [0.25, 0.3) is 0 Å². The number of alkyl halides is 1. The van der Waals surface area contributed by atoms with Gasteiger partial charge in [0.25, 0.3) is 0 Å². The third kappa shape index (κ3) is 2.35. The number of nitrogens with one attached hydrogen (secondary N) is 1. The van der Waals surface area contributed by atoms with Crippen LogP contribution in [-0.2, 0) is 0 Å². The molecule has 1 rings (SSSR count). The molecule has 0 bridgehead atoms. The maximum absolute atomic E-state index is 5.54. The van der Waals surface area contributed by atoms with Crippen molar-refractivity contribution >= 4 is 33.3 Å². The van der Waals surface area contributed by atoms with E-state index in [0.717, 1.165) is 16.8 Å². The van der Waals surface area contributed by atoms with E-state index in [1.54, 1.807) is 6.20 Å². The lowest BCUT2D eigenvalue weighted by atomic mass is 10.3. The van der Waals surface area contributed by atoms with Gasteiger partial charge in [-0.3, -0.25) is 0 Å². The third-order valence-corrected chi connectivity index (χ3v) is 2.66. The van der Waals surface area contributed by atoms with Crippen molar-refractivity contribution < 1.29 is 0 Å². The van der Waals surface area contributed by atoms with Gasteiger partial charge in [0.2, 0.25) is 0 Å². The summed E-state index contributed by atoms with van der Waals surface area (Å²) in [6.07, 6.45) is 1.77. The molecule has 0 unspecified atom stereocenters. The number of nitrogens with zero attached hydrogens (tertiary/aromatic N) is 1. The number of anilines is 1. The maximum atomic E-state index is 5.54. The molecule has 0 spiro atoms. The van der Waals surface area contributed by atoms with E-state index in [0.29, 0.717) is 5.88 Å². The number of hydrogen-bond acceptors (Lipinski definition) is 2. The van der Waals surface area contributed by atoms with Gasteiger partial charge in [-0.25, -0.2) is 4.98 Å². The summed E-state index contributed by atoms with van der Waals surface area (Å²) in [4.78, 5) is 4.16. The molecule has 1 aromatic heterocycles. The molecule has 0 aromatic carbocycles. The number of rotatable bonds is 3. The van der Waals surface area contributed by atoms with E-state index in [9.17, 15) is 0 Å². The molecule has 0 atom stereocenters. The summed E-state index contributed by atoms with van der Waals surface area (Å²) in [6.45, 7) is 2.76. The Bertz CT molecular complexity index is 265. The van der Waals surface area contributed by atoms with Gasteiger partial charge in [-0.2, -0.15) is 0 Å². The average Bonchev–Trinajstić information content (AvgIpc) is 2.08. The molecule has 0 radical (unpaired) electrons. The van der Waals surface area contributed by atoms with Crippen molar-refractivity contribution in [2.75, 3.05) is 17.7 Å². The van der Waals surface area contributed by atoms with Crippen molar-refractivity contribution in [2.24, 2.45) is 0 Å². The molecule has 12 heavy (non-hydrogen) atoms. The van der Waals surface area contributed by atoms with Crippen LogP contribution in [-0.4, -0.2) is 17.4 Å². The van der Waals surface area contributed by atoms with Crippen LogP contribution in [0.1, 0.15) is 5.56 Å². The Balaban J connectivity index is 2.78. The first-order valence-corrected chi connectivity index (χ1v) is 4.99. The second-order valence-corrected chi connectivity index (χ2v) is 3.58. The van der Waals surface area contributed by atoms with Crippen LogP contribution in [0.15, 0.2) is 16.7 Å². The van der Waals surface area contributed by atoms with Crippen LogP contribution >= 0.6 is 27.5 Å². The molecule has 2 nitrogen and oxygen atoms in total. The Morgan fingerprint density at radius 1 is 1.67 bits per heavy atom. The largest absolute Gasteiger partial charge is 0.368 e. The molecule has 0 saturated heterocycles. The van der Waals surface area contributed by atoms with Gasteiger partial charge in [0.1, 0.15) is 5.82 Å². The fourth-order valence-corrected chi connectivity index (χ4v) is 1.30. The van der Waals surface area contributed by atoms with E-state index in [1.165, 1.54) is 5.56 Å². The Morgan fingerprint density at radius 2 is 2.42 bits per heavy atom. The van der Waals surface area contributed by atoms with E-state index in [1.807, 2.05) is 13.0 Å². The molecule has 1 heterocycles. The summed E-state index contributed by atoms with van der Waals surface area (Å²) >= 11 is 8.98. The van der Waals surface area contributed by atoms with Crippen molar-refractivity contribution in [3.63, 3.8) is 0 Å². The Hall–Kier alpha value is -0.280. The highest BCUT2D eigenvalue weighted by Crippen LogP contribution is 2.22. The van der Waals surface area contributed by atoms with Crippen LogP contribution in [0.5, 0.6) is 0 Å². The fourth-order valence-electron chi connectivity index (χ4n) is 0.829. The van der Waals surface area contributed by atoms with Crippen molar-refractivity contribution in [1.82, 2.24) is 4.98 Å². The van der Waals surface area contributed by atoms with Gasteiger partial charge in [-0.05, 0) is 34.5 Å². The van der Waals surface area contributed by atoms with Crippen LogP contribution in [0, 0.1) is 6.92 Å². The van der Waals surface area contributed by atoms with Gasteiger partial charge < -0.3 is 5.32 Å². The molecular weight excluding hydrogens is 239 g/mol. The number of aryl methyl sites for hydroxylation is 1. The molecule has 66 valence electrons. The summed E-state index contributed by atoms with van der Waals surface area (Å²) in [7, 11) is 0. The first-order valence-electron chi connectivity index (χ1n) is 3.66. The molecule has 0 aliphatic heterocycles. The summed E-state index contributed by atoms with van der Waals surface area (Å²) in [5.41, 5.74) is 1.17. The molecule has 0 saturated carbocycles. The van der Waals surface area contributed by atoms with Gasteiger partial charge in [-0.15, -0.1) is 11.6 Å². The van der Waals surface area contributed by atoms with Crippen LogP contribution < -0.4 is 5.32 Å². The number of aromatic nitrogens is 1. The molecule has 0 aliphatic rings. The van der Waals surface area contributed by atoms with Crippen molar-refractivity contribution in [3.8, 4) is 0 Å². The van der Waals surface area contributed by atoms with Crippen LogP contribution in [0.2, 0.25) is 0 Å². The van der Waals surface area contributed by atoms with E-state index >= 15 is 0 Å². The predicted molar refractivity (Wildman–Crippen MR) is 55.9 cm³/mol. The lowest BCUT2D eigenvalue weighted by Gasteiger charge is -2.06. The summed E-state index contributed by atoms with van der Waals surface area (Å²) in [6, 6.07) is 1.95. The van der Waals surface area contributed by atoms with Crippen LogP contribution in [0.3, 0.4) is 0 Å². The minimum absolute atomic E-state index is 0.585. The lowest BCUT2D eigenvalue weighted by Crippen LogP contribution is -2.05. The molecule has 1 aromatic rings.